The number of anilines is 1. The number of aryl methyl sites for hydroxylation is 1. The van der Waals surface area contributed by atoms with Crippen molar-refractivity contribution in [3.63, 3.8) is 0 Å². The van der Waals surface area contributed by atoms with Gasteiger partial charge < -0.3 is 5.73 Å². The van der Waals surface area contributed by atoms with E-state index in [-0.39, 0.29) is 0 Å². The van der Waals surface area contributed by atoms with Crippen LogP contribution in [0.15, 0.2) is 6.07 Å². The van der Waals surface area contributed by atoms with Crippen molar-refractivity contribution in [2.24, 2.45) is 13.0 Å². The SMILES string of the molecule is CC(c1cc(N)n(C)n1)C1CC1. The van der Waals surface area contributed by atoms with Crippen LogP contribution in [0, 0.1) is 5.92 Å². The Morgan fingerprint density at radius 3 is 2.75 bits per heavy atom. The molecule has 1 fully saturated rings. The van der Waals surface area contributed by atoms with E-state index < -0.39 is 0 Å². The van der Waals surface area contributed by atoms with Gasteiger partial charge in [-0.3, -0.25) is 4.68 Å². The fourth-order valence-electron chi connectivity index (χ4n) is 1.56. The van der Waals surface area contributed by atoms with E-state index in [4.69, 9.17) is 5.73 Å². The lowest BCUT2D eigenvalue weighted by molar-refractivity contribution is 0.621. The number of aromatic nitrogens is 2. The molecular formula is C9H15N3. The summed E-state index contributed by atoms with van der Waals surface area (Å²) in [5.41, 5.74) is 6.85. The van der Waals surface area contributed by atoms with E-state index in [1.807, 2.05) is 13.1 Å². The third-order valence-electron chi connectivity index (χ3n) is 2.73. The zero-order chi connectivity index (χ0) is 8.72. The average molecular weight is 165 g/mol. The molecule has 0 bridgehead atoms. The fourth-order valence-corrected chi connectivity index (χ4v) is 1.56. The monoisotopic (exact) mass is 165 g/mol. The largest absolute Gasteiger partial charge is 0.384 e. The predicted octanol–water partition coefficient (Wildman–Crippen LogP) is 1.52. The Labute approximate surface area is 72.6 Å². The summed E-state index contributed by atoms with van der Waals surface area (Å²) in [7, 11) is 1.89. The summed E-state index contributed by atoms with van der Waals surface area (Å²) in [6.07, 6.45) is 2.72. The first-order valence-electron chi connectivity index (χ1n) is 4.48. The van der Waals surface area contributed by atoms with Crippen LogP contribution in [0.2, 0.25) is 0 Å². The number of nitrogens with zero attached hydrogens (tertiary/aromatic N) is 2. The van der Waals surface area contributed by atoms with Crippen LogP contribution in [0.4, 0.5) is 5.82 Å². The maximum atomic E-state index is 5.70. The molecular weight excluding hydrogens is 150 g/mol. The zero-order valence-corrected chi connectivity index (χ0v) is 7.62. The van der Waals surface area contributed by atoms with Crippen LogP contribution in [-0.2, 0) is 7.05 Å². The molecule has 1 aromatic rings. The van der Waals surface area contributed by atoms with E-state index in [1.165, 1.54) is 12.8 Å². The van der Waals surface area contributed by atoms with Crippen molar-refractivity contribution in [1.29, 1.82) is 0 Å². The van der Waals surface area contributed by atoms with Crippen molar-refractivity contribution in [3.05, 3.63) is 11.8 Å². The van der Waals surface area contributed by atoms with Gasteiger partial charge in [0, 0.05) is 19.0 Å². The first kappa shape index (κ1) is 7.65. The van der Waals surface area contributed by atoms with Crippen LogP contribution >= 0.6 is 0 Å². The fraction of sp³-hybridized carbons (Fsp3) is 0.667. The molecule has 3 heteroatoms. The van der Waals surface area contributed by atoms with Crippen LogP contribution in [0.1, 0.15) is 31.4 Å². The lowest BCUT2D eigenvalue weighted by Gasteiger charge is -2.03. The highest BCUT2D eigenvalue weighted by molar-refractivity contribution is 5.32. The van der Waals surface area contributed by atoms with E-state index in [0.717, 1.165) is 17.4 Å². The van der Waals surface area contributed by atoms with Gasteiger partial charge in [-0.2, -0.15) is 5.10 Å². The van der Waals surface area contributed by atoms with Crippen LogP contribution in [0.3, 0.4) is 0 Å². The Balaban J connectivity index is 2.21. The zero-order valence-electron chi connectivity index (χ0n) is 7.62. The van der Waals surface area contributed by atoms with Crippen LogP contribution in [0.25, 0.3) is 0 Å². The Hall–Kier alpha value is -0.990. The van der Waals surface area contributed by atoms with Crippen molar-refractivity contribution < 1.29 is 0 Å². The second-order valence-electron chi connectivity index (χ2n) is 3.74. The van der Waals surface area contributed by atoms with E-state index in [1.54, 1.807) is 4.68 Å². The van der Waals surface area contributed by atoms with Gasteiger partial charge in [-0.25, -0.2) is 0 Å². The molecule has 3 nitrogen and oxygen atoms in total. The molecule has 12 heavy (non-hydrogen) atoms. The molecule has 0 saturated heterocycles. The molecule has 1 aliphatic rings. The second kappa shape index (κ2) is 2.51. The first-order chi connectivity index (χ1) is 5.68. The first-order valence-corrected chi connectivity index (χ1v) is 4.48. The number of rotatable bonds is 2. The lowest BCUT2D eigenvalue weighted by atomic mass is 10.0. The second-order valence-corrected chi connectivity index (χ2v) is 3.74. The molecule has 1 aliphatic carbocycles. The molecule has 2 N–H and O–H groups in total. The molecule has 1 unspecified atom stereocenters. The van der Waals surface area contributed by atoms with Gasteiger partial charge in [-0.1, -0.05) is 6.92 Å². The minimum Gasteiger partial charge on any atom is -0.384 e. The standard InChI is InChI=1S/C9H15N3/c1-6(7-3-4-7)8-5-9(10)12(2)11-8/h5-7H,3-4,10H2,1-2H3. The summed E-state index contributed by atoms with van der Waals surface area (Å²) in [6, 6.07) is 1.99. The Kier molecular flexibility index (Phi) is 1.60. The number of nitrogen functional groups attached to an aromatic ring is 1. The molecule has 2 rings (SSSR count). The van der Waals surface area contributed by atoms with Gasteiger partial charge in [0.05, 0.1) is 5.69 Å². The highest BCUT2D eigenvalue weighted by Crippen LogP contribution is 2.41. The van der Waals surface area contributed by atoms with E-state index in [0.29, 0.717) is 5.92 Å². The summed E-state index contributed by atoms with van der Waals surface area (Å²) in [4.78, 5) is 0. The van der Waals surface area contributed by atoms with E-state index in [9.17, 15) is 0 Å². The highest BCUT2D eigenvalue weighted by atomic mass is 15.3. The van der Waals surface area contributed by atoms with E-state index >= 15 is 0 Å². The van der Waals surface area contributed by atoms with Crippen molar-refractivity contribution in [3.8, 4) is 0 Å². The van der Waals surface area contributed by atoms with E-state index in [2.05, 4.69) is 12.0 Å². The molecule has 1 saturated carbocycles. The summed E-state index contributed by atoms with van der Waals surface area (Å²) < 4.78 is 1.74. The normalized spacial score (nSPS) is 19.5. The van der Waals surface area contributed by atoms with Gasteiger partial charge in [0.1, 0.15) is 5.82 Å². The van der Waals surface area contributed by atoms with Crippen LogP contribution in [-0.4, -0.2) is 9.78 Å². The van der Waals surface area contributed by atoms with Gasteiger partial charge in [0.15, 0.2) is 0 Å². The third kappa shape index (κ3) is 1.19. The summed E-state index contributed by atoms with van der Waals surface area (Å²) in [5.74, 6) is 2.21. The minimum absolute atomic E-state index is 0.591. The lowest BCUT2D eigenvalue weighted by Crippen LogP contribution is -1.99. The molecule has 0 aromatic carbocycles. The average Bonchev–Trinajstić information content (AvgIpc) is 2.80. The van der Waals surface area contributed by atoms with Gasteiger partial charge in [-0.15, -0.1) is 0 Å². The van der Waals surface area contributed by atoms with Crippen molar-refractivity contribution in [1.82, 2.24) is 9.78 Å². The van der Waals surface area contributed by atoms with Crippen LogP contribution < -0.4 is 5.73 Å². The van der Waals surface area contributed by atoms with Gasteiger partial charge in [0.2, 0.25) is 0 Å². The molecule has 0 spiro atoms. The Morgan fingerprint density at radius 2 is 2.33 bits per heavy atom. The number of nitrogens with two attached hydrogens (primary N) is 1. The Morgan fingerprint density at radius 1 is 1.67 bits per heavy atom. The quantitative estimate of drug-likeness (QED) is 0.722. The summed E-state index contributed by atoms with van der Waals surface area (Å²) in [5, 5.41) is 4.36. The molecule has 0 radical (unpaired) electrons. The number of hydrogen-bond acceptors (Lipinski definition) is 2. The summed E-state index contributed by atoms with van der Waals surface area (Å²) >= 11 is 0. The molecule has 1 heterocycles. The molecule has 66 valence electrons. The molecule has 1 aromatic heterocycles. The van der Waals surface area contributed by atoms with Crippen molar-refractivity contribution in [2.45, 2.75) is 25.7 Å². The molecule has 0 amide bonds. The Bertz CT molecular complexity index is 266. The van der Waals surface area contributed by atoms with Crippen LogP contribution in [0.5, 0.6) is 0 Å². The predicted molar refractivity (Wildman–Crippen MR) is 48.8 cm³/mol. The number of hydrogen-bond donors (Lipinski definition) is 1. The maximum Gasteiger partial charge on any atom is 0.121 e. The van der Waals surface area contributed by atoms with Crippen molar-refractivity contribution in [2.75, 3.05) is 5.73 Å². The smallest absolute Gasteiger partial charge is 0.121 e. The molecule has 1 atom stereocenters. The highest BCUT2D eigenvalue weighted by Gasteiger charge is 2.30. The van der Waals surface area contributed by atoms with Gasteiger partial charge >= 0.3 is 0 Å². The topological polar surface area (TPSA) is 43.8 Å². The van der Waals surface area contributed by atoms with Gasteiger partial charge in [-0.05, 0) is 18.8 Å². The minimum atomic E-state index is 0.591. The maximum absolute atomic E-state index is 5.70. The van der Waals surface area contributed by atoms with Crippen molar-refractivity contribution >= 4 is 5.82 Å². The van der Waals surface area contributed by atoms with Gasteiger partial charge in [0.25, 0.3) is 0 Å². The third-order valence-corrected chi connectivity index (χ3v) is 2.73. The molecule has 0 aliphatic heterocycles. The summed E-state index contributed by atoms with van der Waals surface area (Å²) in [6.45, 7) is 2.24.